The van der Waals surface area contributed by atoms with E-state index in [1.54, 1.807) is 30.6 Å². The zero-order chi connectivity index (χ0) is 18.2. The van der Waals surface area contributed by atoms with Gasteiger partial charge in [-0.3, -0.25) is 4.98 Å². The van der Waals surface area contributed by atoms with Gasteiger partial charge >= 0.3 is 5.97 Å². The second-order valence-electron chi connectivity index (χ2n) is 4.81. The van der Waals surface area contributed by atoms with Crippen LogP contribution in [0.4, 0.5) is 4.39 Å². The van der Waals surface area contributed by atoms with Crippen LogP contribution in [-0.4, -0.2) is 33.5 Å². The maximum atomic E-state index is 13.4. The van der Waals surface area contributed by atoms with Gasteiger partial charge in [0.25, 0.3) is 5.22 Å². The number of thioether (sulfide) groups is 1. The van der Waals surface area contributed by atoms with Crippen LogP contribution in [0, 0.1) is 17.7 Å². The Morgan fingerprint density at radius 1 is 1.15 bits per heavy atom. The molecule has 8 heteroatoms. The number of halogens is 1. The van der Waals surface area contributed by atoms with Gasteiger partial charge in [0.2, 0.25) is 5.89 Å². The maximum absolute atomic E-state index is 13.4. The predicted octanol–water partition coefficient (Wildman–Crippen LogP) is 3.22. The summed E-state index contributed by atoms with van der Waals surface area (Å²) in [7, 11) is 0. The highest BCUT2D eigenvalue weighted by molar-refractivity contribution is 7.99. The standard InChI is InChI=1S/C18H12FN3O3S/c19-15-6-2-1-5-14(15)17(23)24-11-3-4-12-26-18-22-21-16(25-18)13-7-9-20-10-8-13/h1-2,5-10H,11-12H2. The van der Waals surface area contributed by atoms with Gasteiger partial charge in [0.15, 0.2) is 6.61 Å². The molecule has 2 aromatic heterocycles. The largest absolute Gasteiger partial charge is 0.449 e. The van der Waals surface area contributed by atoms with E-state index in [1.165, 1.54) is 30.0 Å². The van der Waals surface area contributed by atoms with Crippen LogP contribution in [0.15, 0.2) is 58.4 Å². The molecule has 0 aliphatic heterocycles. The molecule has 0 saturated carbocycles. The molecule has 0 atom stereocenters. The average molecular weight is 369 g/mol. The topological polar surface area (TPSA) is 78.1 Å². The monoisotopic (exact) mass is 369 g/mol. The van der Waals surface area contributed by atoms with E-state index in [1.807, 2.05) is 0 Å². The number of carbonyl (C=O) groups excluding carboxylic acids is 1. The van der Waals surface area contributed by atoms with Crippen molar-refractivity contribution in [1.29, 1.82) is 0 Å². The van der Waals surface area contributed by atoms with Gasteiger partial charge in [0.05, 0.1) is 11.3 Å². The van der Waals surface area contributed by atoms with Crippen molar-refractivity contribution in [2.75, 3.05) is 12.4 Å². The summed E-state index contributed by atoms with van der Waals surface area (Å²) in [5, 5.41) is 8.25. The van der Waals surface area contributed by atoms with Crippen molar-refractivity contribution in [2.24, 2.45) is 0 Å². The Hall–Kier alpha value is -3.18. The van der Waals surface area contributed by atoms with E-state index in [0.29, 0.717) is 16.9 Å². The van der Waals surface area contributed by atoms with Crippen molar-refractivity contribution in [3.8, 4) is 23.3 Å². The summed E-state index contributed by atoms with van der Waals surface area (Å²) in [6.07, 6.45) is 3.28. The van der Waals surface area contributed by atoms with Gasteiger partial charge in [-0.1, -0.05) is 35.7 Å². The van der Waals surface area contributed by atoms with Crippen molar-refractivity contribution in [1.82, 2.24) is 15.2 Å². The molecule has 130 valence electrons. The number of benzene rings is 1. The van der Waals surface area contributed by atoms with E-state index in [2.05, 4.69) is 27.0 Å². The van der Waals surface area contributed by atoms with E-state index in [0.717, 1.165) is 5.56 Å². The third-order valence-electron chi connectivity index (χ3n) is 3.10. The predicted molar refractivity (Wildman–Crippen MR) is 92.7 cm³/mol. The fourth-order valence-corrected chi connectivity index (χ4v) is 2.42. The number of esters is 1. The van der Waals surface area contributed by atoms with E-state index < -0.39 is 11.8 Å². The first-order chi connectivity index (χ1) is 12.7. The second kappa shape index (κ2) is 8.78. The number of ether oxygens (including phenoxy) is 1. The van der Waals surface area contributed by atoms with Crippen molar-refractivity contribution >= 4 is 17.7 Å². The van der Waals surface area contributed by atoms with Crippen LogP contribution >= 0.6 is 11.8 Å². The minimum absolute atomic E-state index is 0.113. The lowest BCUT2D eigenvalue weighted by Crippen LogP contribution is -2.07. The molecule has 0 bridgehead atoms. The zero-order valence-electron chi connectivity index (χ0n) is 13.4. The molecule has 0 radical (unpaired) electrons. The van der Waals surface area contributed by atoms with Crippen molar-refractivity contribution in [3.63, 3.8) is 0 Å². The molecule has 3 rings (SSSR count). The van der Waals surface area contributed by atoms with Gasteiger partial charge in [0, 0.05) is 18.0 Å². The smallest absolute Gasteiger partial charge is 0.342 e. The van der Waals surface area contributed by atoms with Gasteiger partial charge in [-0.05, 0) is 24.3 Å². The Labute approximate surface area is 152 Å². The molecule has 1 aromatic carbocycles. The first-order valence-electron chi connectivity index (χ1n) is 7.48. The molecule has 0 N–H and O–H groups in total. The van der Waals surface area contributed by atoms with Gasteiger partial charge in [-0.25, -0.2) is 9.18 Å². The molecule has 0 aliphatic rings. The fraction of sp³-hybridized carbons (Fsp3) is 0.111. The highest BCUT2D eigenvalue weighted by Crippen LogP contribution is 2.22. The van der Waals surface area contributed by atoms with Crippen LogP contribution in [0.25, 0.3) is 11.5 Å². The van der Waals surface area contributed by atoms with Crippen LogP contribution in [0.1, 0.15) is 10.4 Å². The lowest BCUT2D eigenvalue weighted by Gasteiger charge is -2.01. The van der Waals surface area contributed by atoms with Crippen molar-refractivity contribution in [2.45, 2.75) is 5.22 Å². The maximum Gasteiger partial charge on any atom is 0.342 e. The summed E-state index contributed by atoms with van der Waals surface area (Å²) in [5.41, 5.74) is 0.670. The Morgan fingerprint density at radius 3 is 2.77 bits per heavy atom. The van der Waals surface area contributed by atoms with E-state index in [-0.39, 0.29) is 12.2 Å². The van der Waals surface area contributed by atoms with Crippen LogP contribution in [-0.2, 0) is 4.74 Å². The molecular weight excluding hydrogens is 357 g/mol. The Kier molecular flexibility index (Phi) is 5.96. The van der Waals surface area contributed by atoms with Gasteiger partial charge < -0.3 is 9.15 Å². The van der Waals surface area contributed by atoms with Crippen LogP contribution < -0.4 is 0 Å². The molecule has 0 unspecified atom stereocenters. The highest BCUT2D eigenvalue weighted by Gasteiger charge is 2.11. The molecule has 2 heterocycles. The average Bonchev–Trinajstić information content (AvgIpc) is 3.14. The second-order valence-corrected chi connectivity index (χ2v) is 5.73. The first kappa shape index (κ1) is 17.6. The number of hydrogen-bond acceptors (Lipinski definition) is 7. The van der Waals surface area contributed by atoms with Gasteiger partial charge in [-0.2, -0.15) is 0 Å². The first-order valence-corrected chi connectivity index (χ1v) is 8.46. The number of carbonyl (C=O) groups is 1. The minimum atomic E-state index is -0.746. The van der Waals surface area contributed by atoms with Gasteiger partial charge in [0.1, 0.15) is 5.82 Å². The lowest BCUT2D eigenvalue weighted by molar-refractivity contribution is 0.0551. The lowest BCUT2D eigenvalue weighted by atomic mass is 10.2. The molecular formula is C18H12FN3O3S. The van der Waals surface area contributed by atoms with Crippen molar-refractivity contribution < 1.29 is 18.3 Å². The highest BCUT2D eigenvalue weighted by atomic mass is 32.2. The normalized spacial score (nSPS) is 10.0. The van der Waals surface area contributed by atoms with E-state index in [9.17, 15) is 9.18 Å². The molecule has 0 amide bonds. The fourth-order valence-electron chi connectivity index (χ4n) is 1.89. The molecule has 0 aliphatic carbocycles. The van der Waals surface area contributed by atoms with Crippen LogP contribution in [0.3, 0.4) is 0 Å². The number of hydrogen-bond donors (Lipinski definition) is 0. The third-order valence-corrected chi connectivity index (χ3v) is 3.80. The quantitative estimate of drug-likeness (QED) is 0.388. The molecule has 3 aromatic rings. The summed E-state index contributed by atoms with van der Waals surface area (Å²) < 4.78 is 23.8. The number of rotatable bonds is 5. The molecule has 0 saturated heterocycles. The third kappa shape index (κ3) is 4.68. The zero-order valence-corrected chi connectivity index (χ0v) is 14.2. The number of nitrogens with zero attached hydrogens (tertiary/aromatic N) is 3. The van der Waals surface area contributed by atoms with E-state index >= 15 is 0 Å². The Bertz CT molecular complexity index is 951. The summed E-state index contributed by atoms with van der Waals surface area (Å²) >= 11 is 1.26. The Balaban J connectivity index is 1.44. The molecule has 0 fully saturated rings. The summed E-state index contributed by atoms with van der Waals surface area (Å²) in [6, 6.07) is 9.16. The molecule has 6 nitrogen and oxygen atoms in total. The van der Waals surface area contributed by atoms with Crippen LogP contribution in [0.5, 0.6) is 0 Å². The number of pyridine rings is 1. The van der Waals surface area contributed by atoms with Gasteiger partial charge in [-0.15, -0.1) is 10.2 Å². The Morgan fingerprint density at radius 2 is 1.96 bits per heavy atom. The van der Waals surface area contributed by atoms with E-state index in [4.69, 9.17) is 9.15 Å². The summed E-state index contributed by atoms with van der Waals surface area (Å²) in [5.74, 6) is 4.91. The minimum Gasteiger partial charge on any atom is -0.449 e. The number of aromatic nitrogens is 3. The SMILES string of the molecule is O=C(OCC#CCSc1nnc(-c2ccncc2)o1)c1ccccc1F. The van der Waals surface area contributed by atoms with Crippen molar-refractivity contribution in [3.05, 3.63) is 60.2 Å². The molecule has 26 heavy (non-hydrogen) atoms. The van der Waals surface area contributed by atoms with Crippen LogP contribution in [0.2, 0.25) is 0 Å². The summed E-state index contributed by atoms with van der Waals surface area (Å²) in [6.45, 7) is -0.125. The summed E-state index contributed by atoms with van der Waals surface area (Å²) in [4.78, 5) is 15.6. The molecule has 0 spiro atoms.